The van der Waals surface area contributed by atoms with Gasteiger partial charge in [0.15, 0.2) is 0 Å². The standard InChI is InChI=1S/C16H27NO3/c1-2-3-4-5-10-20-13-16(19)12-17-11-14-6-8-15(18)9-7-14/h6-9,16-19H,2-5,10-13H2,1H3. The third kappa shape index (κ3) is 8.15. The van der Waals surface area contributed by atoms with E-state index in [-0.39, 0.29) is 5.75 Å². The summed E-state index contributed by atoms with van der Waals surface area (Å²) >= 11 is 0. The average Bonchev–Trinajstić information content (AvgIpc) is 2.45. The van der Waals surface area contributed by atoms with Gasteiger partial charge in [-0.2, -0.15) is 0 Å². The van der Waals surface area contributed by atoms with Crippen LogP contribution in [0.1, 0.15) is 38.2 Å². The molecule has 0 saturated heterocycles. The Kier molecular flexibility index (Phi) is 9.04. The first-order valence-electron chi connectivity index (χ1n) is 7.46. The van der Waals surface area contributed by atoms with Crippen LogP contribution in [0.5, 0.6) is 5.75 Å². The van der Waals surface area contributed by atoms with Gasteiger partial charge in [0, 0.05) is 19.7 Å². The first kappa shape index (κ1) is 17.0. The summed E-state index contributed by atoms with van der Waals surface area (Å²) in [5.74, 6) is 0.269. The monoisotopic (exact) mass is 281 g/mol. The number of hydrogen-bond acceptors (Lipinski definition) is 4. The van der Waals surface area contributed by atoms with Crippen LogP contribution < -0.4 is 5.32 Å². The normalized spacial score (nSPS) is 12.5. The zero-order valence-corrected chi connectivity index (χ0v) is 12.3. The highest BCUT2D eigenvalue weighted by Crippen LogP contribution is 2.09. The molecule has 1 unspecified atom stereocenters. The van der Waals surface area contributed by atoms with Crippen molar-refractivity contribution in [1.29, 1.82) is 0 Å². The molecule has 4 heteroatoms. The number of ether oxygens (including phenoxy) is 1. The van der Waals surface area contributed by atoms with Crippen molar-refractivity contribution in [3.63, 3.8) is 0 Å². The predicted molar refractivity (Wildman–Crippen MR) is 80.8 cm³/mol. The Balaban J connectivity index is 1.99. The number of nitrogens with one attached hydrogen (secondary N) is 1. The quantitative estimate of drug-likeness (QED) is 0.545. The van der Waals surface area contributed by atoms with Crippen LogP contribution in [0, 0.1) is 0 Å². The van der Waals surface area contributed by atoms with Crippen molar-refractivity contribution in [2.45, 2.75) is 45.3 Å². The molecule has 0 aliphatic heterocycles. The second kappa shape index (κ2) is 10.7. The fourth-order valence-corrected chi connectivity index (χ4v) is 1.91. The number of aromatic hydroxyl groups is 1. The topological polar surface area (TPSA) is 61.7 Å². The van der Waals surface area contributed by atoms with Gasteiger partial charge in [-0.1, -0.05) is 38.3 Å². The van der Waals surface area contributed by atoms with Gasteiger partial charge in [0.1, 0.15) is 5.75 Å². The Morgan fingerprint density at radius 3 is 2.60 bits per heavy atom. The molecule has 0 amide bonds. The summed E-state index contributed by atoms with van der Waals surface area (Å²) in [4.78, 5) is 0. The molecule has 0 bridgehead atoms. The van der Waals surface area contributed by atoms with E-state index in [1.807, 2.05) is 12.1 Å². The molecule has 0 aliphatic carbocycles. The molecular formula is C16H27NO3. The average molecular weight is 281 g/mol. The predicted octanol–water partition coefficient (Wildman–Crippen LogP) is 2.44. The van der Waals surface area contributed by atoms with Crippen LogP contribution in [0.25, 0.3) is 0 Å². The number of phenolic OH excluding ortho intramolecular Hbond substituents is 1. The third-order valence-electron chi connectivity index (χ3n) is 3.10. The molecule has 20 heavy (non-hydrogen) atoms. The molecule has 0 aromatic heterocycles. The number of aliphatic hydroxyl groups is 1. The summed E-state index contributed by atoms with van der Waals surface area (Å²) in [5.41, 5.74) is 1.08. The highest BCUT2D eigenvalue weighted by Gasteiger charge is 2.03. The fraction of sp³-hybridized carbons (Fsp3) is 0.625. The Hall–Kier alpha value is -1.10. The molecule has 0 fully saturated rings. The molecule has 4 nitrogen and oxygen atoms in total. The molecule has 1 rings (SSSR count). The van der Waals surface area contributed by atoms with E-state index in [9.17, 15) is 5.11 Å². The zero-order valence-electron chi connectivity index (χ0n) is 12.3. The van der Waals surface area contributed by atoms with E-state index < -0.39 is 6.10 Å². The molecular weight excluding hydrogens is 254 g/mol. The molecule has 114 valence electrons. The summed E-state index contributed by atoms with van der Waals surface area (Å²) in [6.45, 7) is 4.48. The van der Waals surface area contributed by atoms with E-state index in [4.69, 9.17) is 9.84 Å². The number of phenols is 1. The van der Waals surface area contributed by atoms with Gasteiger partial charge in [0.05, 0.1) is 12.7 Å². The number of hydrogen-bond donors (Lipinski definition) is 3. The van der Waals surface area contributed by atoms with Crippen molar-refractivity contribution in [2.75, 3.05) is 19.8 Å². The molecule has 1 aromatic rings. The molecule has 3 N–H and O–H groups in total. The van der Waals surface area contributed by atoms with Gasteiger partial charge in [-0.15, -0.1) is 0 Å². The highest BCUT2D eigenvalue weighted by atomic mass is 16.5. The summed E-state index contributed by atoms with van der Waals surface area (Å²) in [6.07, 6.45) is 4.27. The maximum atomic E-state index is 9.75. The van der Waals surface area contributed by atoms with Gasteiger partial charge < -0.3 is 20.3 Å². The van der Waals surface area contributed by atoms with Gasteiger partial charge >= 0.3 is 0 Å². The van der Waals surface area contributed by atoms with Crippen LogP contribution in [0.2, 0.25) is 0 Å². The maximum Gasteiger partial charge on any atom is 0.115 e. The van der Waals surface area contributed by atoms with E-state index in [0.29, 0.717) is 19.7 Å². The lowest BCUT2D eigenvalue weighted by molar-refractivity contribution is 0.0353. The number of aliphatic hydroxyl groups excluding tert-OH is 1. The molecule has 1 atom stereocenters. The first-order chi connectivity index (χ1) is 9.72. The maximum absolute atomic E-state index is 9.75. The van der Waals surface area contributed by atoms with Crippen LogP contribution in [-0.2, 0) is 11.3 Å². The Morgan fingerprint density at radius 2 is 1.90 bits per heavy atom. The van der Waals surface area contributed by atoms with Crippen LogP contribution >= 0.6 is 0 Å². The summed E-state index contributed by atoms with van der Waals surface area (Å²) < 4.78 is 5.44. The van der Waals surface area contributed by atoms with Gasteiger partial charge in [0.2, 0.25) is 0 Å². The number of rotatable bonds is 11. The summed E-state index contributed by atoms with van der Waals surface area (Å²) in [5, 5.41) is 22.1. The Labute approximate surface area is 121 Å². The van der Waals surface area contributed by atoms with Gasteiger partial charge in [-0.05, 0) is 24.1 Å². The molecule has 0 spiro atoms. The van der Waals surface area contributed by atoms with Crippen molar-refractivity contribution in [1.82, 2.24) is 5.32 Å². The van der Waals surface area contributed by atoms with Crippen molar-refractivity contribution >= 4 is 0 Å². The van der Waals surface area contributed by atoms with Gasteiger partial charge in [-0.3, -0.25) is 0 Å². The smallest absolute Gasteiger partial charge is 0.115 e. The van der Waals surface area contributed by atoms with Crippen LogP contribution in [-0.4, -0.2) is 36.1 Å². The van der Waals surface area contributed by atoms with Crippen molar-refractivity contribution in [3.8, 4) is 5.75 Å². The number of unbranched alkanes of at least 4 members (excludes halogenated alkanes) is 3. The van der Waals surface area contributed by atoms with Crippen LogP contribution in [0.15, 0.2) is 24.3 Å². The van der Waals surface area contributed by atoms with E-state index >= 15 is 0 Å². The lowest BCUT2D eigenvalue weighted by Gasteiger charge is -2.12. The fourth-order valence-electron chi connectivity index (χ4n) is 1.91. The second-order valence-electron chi connectivity index (χ2n) is 5.09. The van der Waals surface area contributed by atoms with E-state index in [1.54, 1.807) is 12.1 Å². The van der Waals surface area contributed by atoms with Crippen LogP contribution in [0.3, 0.4) is 0 Å². The van der Waals surface area contributed by atoms with Gasteiger partial charge in [-0.25, -0.2) is 0 Å². The lowest BCUT2D eigenvalue weighted by atomic mass is 10.2. The van der Waals surface area contributed by atoms with Crippen molar-refractivity contribution in [3.05, 3.63) is 29.8 Å². The van der Waals surface area contributed by atoms with Crippen LogP contribution in [0.4, 0.5) is 0 Å². The second-order valence-corrected chi connectivity index (χ2v) is 5.09. The lowest BCUT2D eigenvalue weighted by Crippen LogP contribution is -2.30. The summed E-state index contributed by atoms with van der Waals surface area (Å²) in [6, 6.07) is 7.04. The SMILES string of the molecule is CCCCCCOCC(O)CNCc1ccc(O)cc1. The third-order valence-corrected chi connectivity index (χ3v) is 3.10. The first-order valence-corrected chi connectivity index (χ1v) is 7.46. The van der Waals surface area contributed by atoms with Crippen molar-refractivity contribution in [2.24, 2.45) is 0 Å². The molecule has 0 aliphatic rings. The van der Waals surface area contributed by atoms with E-state index in [0.717, 1.165) is 18.6 Å². The Bertz CT molecular complexity index is 340. The molecule has 1 aromatic carbocycles. The minimum atomic E-state index is -0.474. The minimum absolute atomic E-state index is 0.269. The van der Waals surface area contributed by atoms with Crippen molar-refractivity contribution < 1.29 is 14.9 Å². The summed E-state index contributed by atoms with van der Waals surface area (Å²) in [7, 11) is 0. The number of benzene rings is 1. The van der Waals surface area contributed by atoms with E-state index in [2.05, 4.69) is 12.2 Å². The van der Waals surface area contributed by atoms with E-state index in [1.165, 1.54) is 19.3 Å². The Morgan fingerprint density at radius 1 is 1.15 bits per heavy atom. The minimum Gasteiger partial charge on any atom is -0.508 e. The molecule has 0 saturated carbocycles. The zero-order chi connectivity index (χ0) is 14.6. The molecule has 0 heterocycles. The van der Waals surface area contributed by atoms with Gasteiger partial charge in [0.25, 0.3) is 0 Å². The highest BCUT2D eigenvalue weighted by molar-refractivity contribution is 5.25. The molecule has 0 radical (unpaired) electrons. The largest absolute Gasteiger partial charge is 0.508 e.